The SMILES string of the molecule is COc1ccc(-c2csc(Nc3ccc(/C(C)=N/NC(N)=O)cc3)n2)cc1. The number of hydrazone groups is 1. The van der Waals surface area contributed by atoms with Crippen molar-refractivity contribution < 1.29 is 9.53 Å². The van der Waals surface area contributed by atoms with Crippen LogP contribution in [0, 0.1) is 0 Å². The van der Waals surface area contributed by atoms with Crippen LogP contribution >= 0.6 is 11.3 Å². The van der Waals surface area contributed by atoms with E-state index in [1.54, 1.807) is 14.0 Å². The molecule has 0 bridgehead atoms. The molecule has 0 fully saturated rings. The molecule has 2 aromatic carbocycles. The van der Waals surface area contributed by atoms with Gasteiger partial charge in [0.25, 0.3) is 0 Å². The third kappa shape index (κ3) is 4.83. The van der Waals surface area contributed by atoms with E-state index in [9.17, 15) is 4.79 Å². The molecule has 1 heterocycles. The van der Waals surface area contributed by atoms with Crippen LogP contribution in [-0.2, 0) is 0 Å². The monoisotopic (exact) mass is 381 g/mol. The third-order valence-electron chi connectivity index (χ3n) is 3.78. The van der Waals surface area contributed by atoms with E-state index >= 15 is 0 Å². The number of ether oxygens (including phenoxy) is 1. The summed E-state index contributed by atoms with van der Waals surface area (Å²) in [5.41, 5.74) is 11.6. The average molecular weight is 381 g/mol. The van der Waals surface area contributed by atoms with Crippen molar-refractivity contribution in [1.82, 2.24) is 10.4 Å². The van der Waals surface area contributed by atoms with Crippen molar-refractivity contribution in [3.63, 3.8) is 0 Å². The largest absolute Gasteiger partial charge is 0.497 e. The van der Waals surface area contributed by atoms with E-state index in [4.69, 9.17) is 10.5 Å². The highest BCUT2D eigenvalue weighted by Gasteiger charge is 2.06. The first-order chi connectivity index (χ1) is 13.0. The molecule has 0 aliphatic rings. The molecule has 138 valence electrons. The van der Waals surface area contributed by atoms with Gasteiger partial charge in [-0.2, -0.15) is 5.10 Å². The van der Waals surface area contributed by atoms with E-state index in [-0.39, 0.29) is 0 Å². The number of methoxy groups -OCH3 is 1. The predicted molar refractivity (Wildman–Crippen MR) is 109 cm³/mol. The summed E-state index contributed by atoms with van der Waals surface area (Å²) in [6, 6.07) is 14.8. The lowest BCUT2D eigenvalue weighted by atomic mass is 10.1. The number of hydrogen-bond acceptors (Lipinski definition) is 6. The maximum absolute atomic E-state index is 10.7. The molecule has 0 saturated heterocycles. The second-order valence-electron chi connectivity index (χ2n) is 5.64. The number of hydrogen-bond donors (Lipinski definition) is 3. The third-order valence-corrected chi connectivity index (χ3v) is 4.54. The summed E-state index contributed by atoms with van der Waals surface area (Å²) < 4.78 is 5.18. The number of nitrogens with zero attached hydrogens (tertiary/aromatic N) is 2. The number of thiazole rings is 1. The van der Waals surface area contributed by atoms with Crippen molar-refractivity contribution in [3.8, 4) is 17.0 Å². The van der Waals surface area contributed by atoms with Crippen LogP contribution in [0.4, 0.5) is 15.6 Å². The molecule has 0 saturated carbocycles. The number of urea groups is 1. The maximum Gasteiger partial charge on any atom is 0.332 e. The van der Waals surface area contributed by atoms with Gasteiger partial charge in [-0.05, 0) is 48.9 Å². The van der Waals surface area contributed by atoms with Gasteiger partial charge >= 0.3 is 6.03 Å². The Hall–Kier alpha value is -3.39. The van der Waals surface area contributed by atoms with Gasteiger partial charge in [-0.3, -0.25) is 0 Å². The smallest absolute Gasteiger partial charge is 0.332 e. The molecule has 0 spiro atoms. The standard InChI is InChI=1S/C19H19N5O2S/c1-12(23-24-18(20)25)13-3-7-15(8-4-13)21-19-22-17(11-27-19)14-5-9-16(26-2)10-6-14/h3-11H,1-2H3,(H,21,22)(H3,20,24,25)/b23-12+. The molecule has 0 unspecified atom stereocenters. The zero-order valence-corrected chi connectivity index (χ0v) is 15.7. The quantitative estimate of drug-likeness (QED) is 0.444. The van der Waals surface area contributed by atoms with Gasteiger partial charge in [0.15, 0.2) is 5.13 Å². The lowest BCUT2D eigenvalue weighted by molar-refractivity contribution is 0.249. The van der Waals surface area contributed by atoms with Gasteiger partial charge in [0.05, 0.1) is 18.5 Å². The Morgan fingerprint density at radius 1 is 1.15 bits per heavy atom. The van der Waals surface area contributed by atoms with Crippen molar-refractivity contribution >= 4 is 33.9 Å². The Morgan fingerprint density at radius 3 is 2.48 bits per heavy atom. The minimum atomic E-state index is -0.691. The molecule has 8 heteroatoms. The molecule has 2 amide bonds. The van der Waals surface area contributed by atoms with Crippen molar-refractivity contribution in [1.29, 1.82) is 0 Å². The summed E-state index contributed by atoms with van der Waals surface area (Å²) in [4.78, 5) is 15.3. The fourth-order valence-electron chi connectivity index (χ4n) is 2.35. The number of benzene rings is 2. The van der Waals surface area contributed by atoms with Crippen molar-refractivity contribution in [3.05, 3.63) is 59.5 Å². The summed E-state index contributed by atoms with van der Waals surface area (Å²) >= 11 is 1.53. The van der Waals surface area contributed by atoms with Crippen LogP contribution in [0.3, 0.4) is 0 Å². The van der Waals surface area contributed by atoms with Crippen molar-refractivity contribution in [2.24, 2.45) is 10.8 Å². The van der Waals surface area contributed by atoms with Crippen LogP contribution in [0.25, 0.3) is 11.3 Å². The Bertz CT molecular complexity index is 949. The molecular formula is C19H19N5O2S. The molecule has 0 atom stereocenters. The molecule has 7 nitrogen and oxygen atoms in total. The van der Waals surface area contributed by atoms with Gasteiger partial charge in [-0.15, -0.1) is 11.3 Å². The van der Waals surface area contributed by atoms with Gasteiger partial charge in [0.1, 0.15) is 5.75 Å². The Kier molecular flexibility index (Phi) is 5.68. The predicted octanol–water partition coefficient (Wildman–Crippen LogP) is 3.95. The first-order valence-corrected chi connectivity index (χ1v) is 9.00. The van der Waals surface area contributed by atoms with E-state index in [0.29, 0.717) is 5.71 Å². The molecule has 0 radical (unpaired) electrons. The number of nitrogens with two attached hydrogens (primary N) is 1. The Morgan fingerprint density at radius 2 is 1.85 bits per heavy atom. The minimum Gasteiger partial charge on any atom is -0.497 e. The van der Waals surface area contributed by atoms with Crippen LogP contribution in [0.5, 0.6) is 5.75 Å². The molecule has 0 aliphatic heterocycles. The first kappa shape index (κ1) is 18.4. The van der Waals surface area contributed by atoms with E-state index in [1.165, 1.54) is 11.3 Å². The number of primary amides is 1. The molecular weight excluding hydrogens is 362 g/mol. The number of aromatic nitrogens is 1. The number of anilines is 2. The summed E-state index contributed by atoms with van der Waals surface area (Å²) in [5, 5.41) is 10.0. The van der Waals surface area contributed by atoms with Crippen LogP contribution in [-0.4, -0.2) is 23.8 Å². The van der Waals surface area contributed by atoms with E-state index < -0.39 is 6.03 Å². The Balaban J connectivity index is 1.68. The number of carbonyl (C=O) groups excluding carboxylic acids is 1. The van der Waals surface area contributed by atoms with Gasteiger partial charge in [0, 0.05) is 16.6 Å². The van der Waals surface area contributed by atoms with Crippen LogP contribution in [0.1, 0.15) is 12.5 Å². The number of rotatable bonds is 6. The summed E-state index contributed by atoms with van der Waals surface area (Å²) in [7, 11) is 1.65. The van der Waals surface area contributed by atoms with Gasteiger partial charge in [-0.1, -0.05) is 12.1 Å². The van der Waals surface area contributed by atoms with E-state index in [0.717, 1.165) is 33.4 Å². The van der Waals surface area contributed by atoms with Crippen LogP contribution in [0.15, 0.2) is 59.0 Å². The first-order valence-electron chi connectivity index (χ1n) is 8.12. The Labute approximate surface area is 160 Å². The highest BCUT2D eigenvalue weighted by Crippen LogP contribution is 2.28. The summed E-state index contributed by atoms with van der Waals surface area (Å²) in [6.07, 6.45) is 0. The molecule has 3 rings (SSSR count). The van der Waals surface area contributed by atoms with Gasteiger partial charge < -0.3 is 15.8 Å². The highest BCUT2D eigenvalue weighted by molar-refractivity contribution is 7.14. The van der Waals surface area contributed by atoms with Crippen LogP contribution in [0.2, 0.25) is 0 Å². The number of carbonyl (C=O) groups is 1. The molecule has 27 heavy (non-hydrogen) atoms. The summed E-state index contributed by atoms with van der Waals surface area (Å²) in [6.45, 7) is 1.79. The normalized spacial score (nSPS) is 11.1. The van der Waals surface area contributed by atoms with Crippen LogP contribution < -0.4 is 21.2 Å². The number of amides is 2. The fraction of sp³-hybridized carbons (Fsp3) is 0.105. The zero-order valence-electron chi connectivity index (χ0n) is 14.9. The lowest BCUT2D eigenvalue weighted by Crippen LogP contribution is -2.25. The van der Waals surface area contributed by atoms with Crippen molar-refractivity contribution in [2.75, 3.05) is 12.4 Å². The van der Waals surface area contributed by atoms with Gasteiger partial charge in [0.2, 0.25) is 0 Å². The lowest BCUT2D eigenvalue weighted by Gasteiger charge is -2.05. The van der Waals surface area contributed by atoms with Gasteiger partial charge in [-0.25, -0.2) is 15.2 Å². The van der Waals surface area contributed by atoms with Crippen molar-refractivity contribution in [2.45, 2.75) is 6.92 Å². The fourth-order valence-corrected chi connectivity index (χ4v) is 3.09. The summed E-state index contributed by atoms with van der Waals surface area (Å²) in [5.74, 6) is 0.817. The number of nitrogens with one attached hydrogen (secondary N) is 2. The second-order valence-corrected chi connectivity index (χ2v) is 6.50. The second kappa shape index (κ2) is 8.33. The topological polar surface area (TPSA) is 102 Å². The minimum absolute atomic E-state index is 0.663. The van der Waals surface area contributed by atoms with E-state index in [1.807, 2.05) is 53.9 Å². The molecule has 1 aromatic heterocycles. The zero-order chi connectivity index (χ0) is 19.2. The van der Waals surface area contributed by atoms with E-state index in [2.05, 4.69) is 20.8 Å². The highest BCUT2D eigenvalue weighted by atomic mass is 32.1. The average Bonchev–Trinajstić information content (AvgIpc) is 3.15. The molecule has 0 aliphatic carbocycles. The maximum atomic E-state index is 10.7. The molecule has 3 aromatic rings. The molecule has 4 N–H and O–H groups in total.